The molecule has 0 heterocycles. The molecule has 4 nitrogen and oxygen atoms in total. The van der Waals surface area contributed by atoms with Crippen molar-refractivity contribution in [1.82, 2.24) is 0 Å². The molecule has 0 saturated carbocycles. The van der Waals surface area contributed by atoms with Gasteiger partial charge in [0, 0.05) is 0 Å². The van der Waals surface area contributed by atoms with Gasteiger partial charge in [-0.15, -0.1) is 0 Å². The van der Waals surface area contributed by atoms with Crippen LogP contribution in [0.1, 0.15) is 5.56 Å². The van der Waals surface area contributed by atoms with Gasteiger partial charge in [-0.2, -0.15) is 0 Å². The Bertz CT molecular complexity index is 660. The van der Waals surface area contributed by atoms with Gasteiger partial charge in [-0.05, 0) is 29.7 Å². The second-order valence-corrected chi connectivity index (χ2v) is 4.43. The van der Waals surface area contributed by atoms with E-state index >= 15 is 0 Å². The number of methoxy groups -OCH3 is 1. The lowest BCUT2D eigenvalue weighted by atomic mass is 10.0. The summed E-state index contributed by atoms with van der Waals surface area (Å²) in [6.07, 6.45) is 0.598. The average Bonchev–Trinajstić information content (AvgIpc) is 2.54. The minimum absolute atomic E-state index is 0.259. The number of aliphatic hydroxyl groups excluding tert-OH is 1. The second kappa shape index (κ2) is 6.61. The third-order valence-corrected chi connectivity index (χ3v) is 3.02. The monoisotopic (exact) mass is 284 g/mol. The molecule has 0 amide bonds. The zero-order chi connectivity index (χ0) is 15.2. The van der Waals surface area contributed by atoms with E-state index in [9.17, 15) is 4.79 Å². The molecule has 0 bridgehead atoms. The highest BCUT2D eigenvalue weighted by atomic mass is 16.6. The fourth-order valence-electron chi connectivity index (χ4n) is 1.86. The predicted octanol–water partition coefficient (Wildman–Crippen LogP) is 3.61. The predicted molar refractivity (Wildman–Crippen MR) is 80.0 cm³/mol. The summed E-state index contributed by atoms with van der Waals surface area (Å²) in [4.78, 5) is 11.4. The van der Waals surface area contributed by atoms with E-state index in [0.29, 0.717) is 12.0 Å². The van der Waals surface area contributed by atoms with Crippen LogP contribution in [0.15, 0.2) is 60.6 Å². The summed E-state index contributed by atoms with van der Waals surface area (Å²) in [5.74, 6) is -0.505. The molecule has 0 spiro atoms. The molecule has 2 aromatic carbocycles. The van der Waals surface area contributed by atoms with Gasteiger partial charge >= 0.3 is 5.97 Å². The van der Waals surface area contributed by atoms with Crippen molar-refractivity contribution in [2.75, 3.05) is 7.11 Å². The number of ether oxygens (including phenoxy) is 2. The first-order valence-electron chi connectivity index (χ1n) is 6.42. The van der Waals surface area contributed by atoms with Gasteiger partial charge in [0.15, 0.2) is 0 Å². The molecular formula is C17H16O4. The Balaban J connectivity index is 2.34. The van der Waals surface area contributed by atoms with Crippen LogP contribution in [0.3, 0.4) is 0 Å². The third-order valence-electron chi connectivity index (χ3n) is 3.02. The molecule has 0 aliphatic rings. The largest absolute Gasteiger partial charge is 0.511 e. The van der Waals surface area contributed by atoms with Crippen LogP contribution in [0.5, 0.6) is 5.75 Å². The Morgan fingerprint density at radius 2 is 1.81 bits per heavy atom. The highest BCUT2D eigenvalue weighted by molar-refractivity contribution is 5.86. The van der Waals surface area contributed by atoms with Gasteiger partial charge in [0.1, 0.15) is 12.0 Å². The number of esters is 1. The standard InChI is InChI=1S/C17H16O4/c1-12-8-9-14(13-6-4-3-5-7-13)10-15(12)21-16(11-18)17(19)20-2/h3-11,18H,1-2H3/b16-11-. The summed E-state index contributed by atoms with van der Waals surface area (Å²) in [5, 5.41) is 9.08. The van der Waals surface area contributed by atoms with Crippen molar-refractivity contribution in [3.8, 4) is 16.9 Å². The quantitative estimate of drug-likeness (QED) is 0.529. The Kier molecular flexibility index (Phi) is 4.61. The number of aryl methyl sites for hydroxylation is 1. The molecule has 0 aromatic heterocycles. The summed E-state index contributed by atoms with van der Waals surface area (Å²) < 4.78 is 9.98. The number of benzene rings is 2. The highest BCUT2D eigenvalue weighted by Gasteiger charge is 2.14. The lowest BCUT2D eigenvalue weighted by Gasteiger charge is -2.11. The van der Waals surface area contributed by atoms with Crippen molar-refractivity contribution in [2.45, 2.75) is 6.92 Å². The molecule has 4 heteroatoms. The van der Waals surface area contributed by atoms with Crippen LogP contribution in [0.2, 0.25) is 0 Å². The van der Waals surface area contributed by atoms with Crippen molar-refractivity contribution in [1.29, 1.82) is 0 Å². The molecule has 21 heavy (non-hydrogen) atoms. The van der Waals surface area contributed by atoms with Gasteiger partial charge in [-0.1, -0.05) is 42.5 Å². The zero-order valence-electron chi connectivity index (χ0n) is 11.9. The molecule has 0 unspecified atom stereocenters. The van der Waals surface area contributed by atoms with Gasteiger partial charge < -0.3 is 14.6 Å². The fourth-order valence-corrected chi connectivity index (χ4v) is 1.86. The Hall–Kier alpha value is -2.75. The van der Waals surface area contributed by atoms with Crippen LogP contribution in [0.25, 0.3) is 11.1 Å². The maximum Gasteiger partial charge on any atom is 0.377 e. The Morgan fingerprint density at radius 1 is 1.10 bits per heavy atom. The second-order valence-electron chi connectivity index (χ2n) is 4.43. The Morgan fingerprint density at radius 3 is 2.43 bits per heavy atom. The number of carbonyl (C=O) groups excluding carboxylic acids is 1. The van der Waals surface area contributed by atoms with E-state index in [-0.39, 0.29) is 5.76 Å². The van der Waals surface area contributed by atoms with Crippen LogP contribution in [-0.4, -0.2) is 18.2 Å². The summed E-state index contributed by atoms with van der Waals surface area (Å²) >= 11 is 0. The van der Waals surface area contributed by atoms with Gasteiger partial charge in [0.05, 0.1) is 7.11 Å². The molecular weight excluding hydrogens is 268 g/mol. The van der Waals surface area contributed by atoms with Crippen LogP contribution in [0.4, 0.5) is 0 Å². The van der Waals surface area contributed by atoms with Crippen molar-refractivity contribution < 1.29 is 19.4 Å². The van der Waals surface area contributed by atoms with E-state index in [1.165, 1.54) is 7.11 Å². The van der Waals surface area contributed by atoms with Crippen molar-refractivity contribution in [3.63, 3.8) is 0 Å². The lowest BCUT2D eigenvalue weighted by Crippen LogP contribution is -2.11. The molecule has 0 aliphatic carbocycles. The van der Waals surface area contributed by atoms with Gasteiger partial charge in [-0.3, -0.25) is 0 Å². The van der Waals surface area contributed by atoms with Gasteiger partial charge in [0.25, 0.3) is 0 Å². The average molecular weight is 284 g/mol. The molecule has 2 aromatic rings. The van der Waals surface area contributed by atoms with E-state index in [1.807, 2.05) is 55.5 Å². The maximum atomic E-state index is 11.4. The normalized spacial score (nSPS) is 11.0. The zero-order valence-corrected chi connectivity index (χ0v) is 11.9. The van der Waals surface area contributed by atoms with E-state index < -0.39 is 5.97 Å². The van der Waals surface area contributed by atoms with Crippen LogP contribution in [-0.2, 0) is 9.53 Å². The number of rotatable bonds is 4. The maximum absolute atomic E-state index is 11.4. The van der Waals surface area contributed by atoms with Crippen molar-refractivity contribution >= 4 is 5.97 Å². The topological polar surface area (TPSA) is 55.8 Å². The summed E-state index contributed by atoms with van der Waals surface area (Å²) in [6.45, 7) is 1.86. The molecule has 108 valence electrons. The molecule has 0 atom stereocenters. The SMILES string of the molecule is COC(=O)/C(=C/O)Oc1cc(-c2ccccc2)ccc1C. The Labute approximate surface area is 123 Å². The first-order chi connectivity index (χ1) is 10.2. The first kappa shape index (κ1) is 14.7. The molecule has 0 aliphatic heterocycles. The number of aliphatic hydroxyl groups is 1. The summed E-state index contributed by atoms with van der Waals surface area (Å²) in [6, 6.07) is 15.5. The van der Waals surface area contributed by atoms with Gasteiger partial charge in [-0.25, -0.2) is 4.79 Å². The summed E-state index contributed by atoms with van der Waals surface area (Å²) in [7, 11) is 1.22. The fraction of sp³-hybridized carbons (Fsp3) is 0.118. The minimum Gasteiger partial charge on any atom is -0.511 e. The van der Waals surface area contributed by atoms with Crippen molar-refractivity contribution in [2.24, 2.45) is 0 Å². The number of hydrogen-bond donors (Lipinski definition) is 1. The van der Waals surface area contributed by atoms with Crippen LogP contribution < -0.4 is 4.74 Å². The molecule has 0 radical (unpaired) electrons. The molecule has 1 N–H and O–H groups in total. The van der Waals surface area contributed by atoms with E-state index in [4.69, 9.17) is 9.84 Å². The summed E-state index contributed by atoms with van der Waals surface area (Å²) in [5.41, 5.74) is 2.84. The van der Waals surface area contributed by atoms with Crippen LogP contribution >= 0.6 is 0 Å². The molecule has 0 saturated heterocycles. The van der Waals surface area contributed by atoms with Crippen molar-refractivity contribution in [3.05, 3.63) is 66.1 Å². The number of hydrogen-bond acceptors (Lipinski definition) is 4. The minimum atomic E-state index is -0.734. The lowest BCUT2D eigenvalue weighted by molar-refractivity contribution is -0.138. The van der Waals surface area contributed by atoms with Gasteiger partial charge in [0.2, 0.25) is 5.76 Å². The third kappa shape index (κ3) is 3.42. The smallest absolute Gasteiger partial charge is 0.377 e. The number of carbonyl (C=O) groups is 1. The van der Waals surface area contributed by atoms with E-state index in [1.54, 1.807) is 0 Å². The van der Waals surface area contributed by atoms with E-state index in [2.05, 4.69) is 4.74 Å². The highest BCUT2D eigenvalue weighted by Crippen LogP contribution is 2.28. The van der Waals surface area contributed by atoms with Crippen LogP contribution in [0, 0.1) is 6.92 Å². The molecule has 2 rings (SSSR count). The first-order valence-corrected chi connectivity index (χ1v) is 6.42. The molecule has 0 fully saturated rings. The van der Waals surface area contributed by atoms with E-state index in [0.717, 1.165) is 16.7 Å².